The van der Waals surface area contributed by atoms with Gasteiger partial charge in [-0.3, -0.25) is 0 Å². The van der Waals surface area contributed by atoms with Gasteiger partial charge in [0, 0.05) is 0 Å². The van der Waals surface area contributed by atoms with Crippen molar-refractivity contribution in [3.63, 3.8) is 0 Å². The molecule has 0 saturated carbocycles. The minimum Gasteiger partial charge on any atom is -0.317 e. The van der Waals surface area contributed by atoms with Crippen molar-refractivity contribution in [1.29, 1.82) is 0 Å². The number of hydrogen-bond acceptors (Lipinski definition) is 2. The lowest BCUT2D eigenvalue weighted by Gasteiger charge is -2.05. The predicted octanol–water partition coefficient (Wildman–Crippen LogP) is 7.60. The molecule has 162 valence electrons. The molecule has 0 saturated heterocycles. The van der Waals surface area contributed by atoms with E-state index in [0.717, 1.165) is 0 Å². The molecule has 0 aromatic carbocycles. The highest BCUT2D eigenvalue weighted by atomic mass is 79.9. The summed E-state index contributed by atoms with van der Waals surface area (Å²) >= 11 is 0. The summed E-state index contributed by atoms with van der Waals surface area (Å²) < 4.78 is 0. The number of halogens is 2. The van der Waals surface area contributed by atoms with E-state index in [4.69, 9.17) is 0 Å². The Balaban J connectivity index is -0.00000264. The zero-order valence-electron chi connectivity index (χ0n) is 18.0. The standard InChI is InChI=1S/C22H48N2.2BrH/c1-3-19-23-21-17-15-13-11-9-7-5-6-8-10-12-14-16-18-22-24-20-4-2;;/h23-24H,3-22H2,1-2H3;2*1H. The third-order valence-corrected chi connectivity index (χ3v) is 4.81. The maximum absolute atomic E-state index is 3.49. The third-order valence-electron chi connectivity index (χ3n) is 4.81. The van der Waals surface area contributed by atoms with Crippen LogP contribution < -0.4 is 10.6 Å². The molecule has 0 rings (SSSR count). The summed E-state index contributed by atoms with van der Waals surface area (Å²) in [6.07, 6.45) is 22.7. The first-order valence-corrected chi connectivity index (χ1v) is 11.3. The Morgan fingerprint density at radius 3 is 0.808 bits per heavy atom. The Morgan fingerprint density at radius 2 is 0.577 bits per heavy atom. The van der Waals surface area contributed by atoms with Gasteiger partial charge in [-0.05, 0) is 51.9 Å². The summed E-state index contributed by atoms with van der Waals surface area (Å²) in [6.45, 7) is 9.30. The van der Waals surface area contributed by atoms with Gasteiger partial charge in [0.1, 0.15) is 0 Å². The zero-order valence-corrected chi connectivity index (χ0v) is 21.4. The van der Waals surface area contributed by atoms with Crippen LogP contribution in [0, 0.1) is 0 Å². The lowest BCUT2D eigenvalue weighted by atomic mass is 10.0. The molecule has 0 heterocycles. The van der Waals surface area contributed by atoms with Crippen LogP contribution in [0.2, 0.25) is 0 Å². The Bertz CT molecular complexity index is 194. The first-order chi connectivity index (χ1) is 11.9. The molecule has 26 heavy (non-hydrogen) atoms. The van der Waals surface area contributed by atoms with Crippen LogP contribution in [0.25, 0.3) is 0 Å². The Morgan fingerprint density at radius 1 is 0.346 bits per heavy atom. The van der Waals surface area contributed by atoms with Crippen molar-refractivity contribution in [3.8, 4) is 0 Å². The molecule has 0 bridgehead atoms. The number of hydrogen-bond donors (Lipinski definition) is 2. The Kier molecular flexibility index (Phi) is 37.2. The minimum atomic E-state index is 0. The van der Waals surface area contributed by atoms with E-state index in [2.05, 4.69) is 24.5 Å². The van der Waals surface area contributed by atoms with Gasteiger partial charge in [0.05, 0.1) is 0 Å². The summed E-state index contributed by atoms with van der Waals surface area (Å²) in [5.41, 5.74) is 0. The van der Waals surface area contributed by atoms with Crippen molar-refractivity contribution < 1.29 is 0 Å². The van der Waals surface area contributed by atoms with Crippen LogP contribution in [-0.2, 0) is 0 Å². The summed E-state index contributed by atoms with van der Waals surface area (Å²) in [7, 11) is 0. The average Bonchev–Trinajstić information content (AvgIpc) is 2.60. The average molecular weight is 502 g/mol. The second kappa shape index (κ2) is 30.6. The summed E-state index contributed by atoms with van der Waals surface area (Å²) in [5.74, 6) is 0. The van der Waals surface area contributed by atoms with Crippen LogP contribution in [0.3, 0.4) is 0 Å². The second-order valence-electron chi connectivity index (χ2n) is 7.45. The van der Waals surface area contributed by atoms with E-state index in [1.165, 1.54) is 129 Å². The summed E-state index contributed by atoms with van der Waals surface area (Å²) in [5, 5.41) is 6.97. The molecule has 2 nitrogen and oxygen atoms in total. The minimum absolute atomic E-state index is 0. The lowest BCUT2D eigenvalue weighted by molar-refractivity contribution is 0.524. The predicted molar refractivity (Wildman–Crippen MR) is 132 cm³/mol. The number of rotatable bonds is 21. The molecule has 0 spiro atoms. The molecule has 0 aliphatic heterocycles. The fourth-order valence-electron chi connectivity index (χ4n) is 3.22. The van der Waals surface area contributed by atoms with E-state index in [1.807, 2.05) is 0 Å². The van der Waals surface area contributed by atoms with E-state index in [-0.39, 0.29) is 34.0 Å². The SMILES string of the molecule is Br.Br.CCCNCCCCCCCCCCCCCCCCNCCC. The van der Waals surface area contributed by atoms with Crippen molar-refractivity contribution in [1.82, 2.24) is 10.6 Å². The van der Waals surface area contributed by atoms with E-state index >= 15 is 0 Å². The van der Waals surface area contributed by atoms with Gasteiger partial charge in [0.2, 0.25) is 0 Å². The molecule has 0 radical (unpaired) electrons. The molecular formula is C22H50Br2N2. The number of nitrogens with one attached hydrogen (secondary N) is 2. The molecule has 0 aromatic rings. The van der Waals surface area contributed by atoms with Gasteiger partial charge in [-0.15, -0.1) is 34.0 Å². The topological polar surface area (TPSA) is 24.1 Å². The van der Waals surface area contributed by atoms with Crippen molar-refractivity contribution in [2.24, 2.45) is 0 Å². The monoisotopic (exact) mass is 500 g/mol. The van der Waals surface area contributed by atoms with E-state index in [0.29, 0.717) is 0 Å². The first-order valence-electron chi connectivity index (χ1n) is 11.3. The normalized spacial score (nSPS) is 10.4. The van der Waals surface area contributed by atoms with Crippen LogP contribution >= 0.6 is 34.0 Å². The van der Waals surface area contributed by atoms with Gasteiger partial charge in [-0.2, -0.15) is 0 Å². The molecule has 0 unspecified atom stereocenters. The molecule has 4 heteroatoms. The van der Waals surface area contributed by atoms with Crippen LogP contribution in [0.4, 0.5) is 0 Å². The third kappa shape index (κ3) is 29.6. The van der Waals surface area contributed by atoms with Crippen LogP contribution in [0.15, 0.2) is 0 Å². The van der Waals surface area contributed by atoms with Gasteiger partial charge in [-0.1, -0.05) is 90.9 Å². The van der Waals surface area contributed by atoms with Crippen LogP contribution in [-0.4, -0.2) is 26.2 Å². The molecule has 2 N–H and O–H groups in total. The summed E-state index contributed by atoms with van der Waals surface area (Å²) in [4.78, 5) is 0. The molecule has 0 aromatic heterocycles. The maximum atomic E-state index is 3.49. The quantitative estimate of drug-likeness (QED) is 0.158. The Hall–Kier alpha value is 0.880. The van der Waals surface area contributed by atoms with Crippen molar-refractivity contribution >= 4 is 34.0 Å². The zero-order chi connectivity index (χ0) is 17.6. The molecule has 0 aliphatic carbocycles. The van der Waals surface area contributed by atoms with Crippen molar-refractivity contribution in [2.75, 3.05) is 26.2 Å². The highest BCUT2D eigenvalue weighted by molar-refractivity contribution is 8.93. The van der Waals surface area contributed by atoms with Crippen molar-refractivity contribution in [3.05, 3.63) is 0 Å². The van der Waals surface area contributed by atoms with E-state index in [1.54, 1.807) is 0 Å². The molecule has 0 atom stereocenters. The molecule has 0 amide bonds. The van der Waals surface area contributed by atoms with Gasteiger partial charge in [0.25, 0.3) is 0 Å². The number of unbranched alkanes of at least 4 members (excludes halogenated alkanes) is 13. The van der Waals surface area contributed by atoms with Gasteiger partial charge in [0.15, 0.2) is 0 Å². The highest BCUT2D eigenvalue weighted by Crippen LogP contribution is 2.12. The lowest BCUT2D eigenvalue weighted by Crippen LogP contribution is -2.15. The summed E-state index contributed by atoms with van der Waals surface area (Å²) in [6, 6.07) is 0. The fraction of sp³-hybridized carbons (Fsp3) is 1.00. The first kappa shape index (κ1) is 31.6. The van der Waals surface area contributed by atoms with Crippen LogP contribution in [0.5, 0.6) is 0 Å². The van der Waals surface area contributed by atoms with Crippen molar-refractivity contribution in [2.45, 2.75) is 117 Å². The van der Waals surface area contributed by atoms with Gasteiger partial charge < -0.3 is 10.6 Å². The maximum Gasteiger partial charge on any atom is -0.00489 e. The highest BCUT2D eigenvalue weighted by Gasteiger charge is 1.94. The van der Waals surface area contributed by atoms with Crippen LogP contribution in [0.1, 0.15) is 117 Å². The molecule has 0 fully saturated rings. The molecule has 0 aliphatic rings. The second-order valence-corrected chi connectivity index (χ2v) is 7.45. The largest absolute Gasteiger partial charge is 0.317 e. The van der Waals surface area contributed by atoms with Gasteiger partial charge >= 0.3 is 0 Å². The van der Waals surface area contributed by atoms with E-state index < -0.39 is 0 Å². The smallest absolute Gasteiger partial charge is 0.00489 e. The van der Waals surface area contributed by atoms with Gasteiger partial charge in [-0.25, -0.2) is 0 Å². The molecular weight excluding hydrogens is 452 g/mol. The van der Waals surface area contributed by atoms with E-state index in [9.17, 15) is 0 Å². The fourth-order valence-corrected chi connectivity index (χ4v) is 3.22. The Labute approximate surface area is 187 Å².